The Morgan fingerprint density at radius 1 is 0.933 bits per heavy atom. The second kappa shape index (κ2) is 10.9. The summed E-state index contributed by atoms with van der Waals surface area (Å²) in [4.78, 5) is 26.5. The van der Waals surface area contributed by atoms with E-state index in [2.05, 4.69) is 48.7 Å². The largest absolute Gasteiger partial charge is 0.348 e. The summed E-state index contributed by atoms with van der Waals surface area (Å²) in [6.45, 7) is 10.7. The van der Waals surface area contributed by atoms with Crippen molar-refractivity contribution >= 4 is 17.5 Å². The summed E-state index contributed by atoms with van der Waals surface area (Å²) < 4.78 is 0. The van der Waals surface area contributed by atoms with Crippen LogP contribution in [0, 0.1) is 19.8 Å². The van der Waals surface area contributed by atoms with Gasteiger partial charge in [-0.15, -0.1) is 0 Å². The molecule has 162 valence electrons. The van der Waals surface area contributed by atoms with Crippen LogP contribution >= 0.6 is 0 Å². The first-order valence-corrected chi connectivity index (χ1v) is 10.6. The molecule has 0 bridgehead atoms. The fourth-order valence-electron chi connectivity index (χ4n) is 3.41. The van der Waals surface area contributed by atoms with Crippen LogP contribution < -0.4 is 10.6 Å². The number of nitrogens with one attached hydrogen (secondary N) is 2. The van der Waals surface area contributed by atoms with Gasteiger partial charge in [0.15, 0.2) is 0 Å². The molecular weight excluding hydrogens is 374 g/mol. The number of hydrogen-bond acceptors (Lipinski definition) is 3. The van der Waals surface area contributed by atoms with E-state index < -0.39 is 0 Å². The van der Waals surface area contributed by atoms with Crippen LogP contribution in [0.1, 0.15) is 49.1 Å². The lowest BCUT2D eigenvalue weighted by Crippen LogP contribution is -2.39. The predicted molar refractivity (Wildman–Crippen MR) is 124 cm³/mol. The minimum atomic E-state index is -0.132. The zero-order valence-electron chi connectivity index (χ0n) is 19.1. The molecule has 2 amide bonds. The van der Waals surface area contributed by atoms with E-state index in [1.807, 2.05) is 39.0 Å². The number of hydrogen-bond donors (Lipinski definition) is 2. The Kier molecular flexibility index (Phi) is 8.60. The number of rotatable bonds is 9. The summed E-state index contributed by atoms with van der Waals surface area (Å²) in [5, 5.41) is 5.94. The molecule has 2 aromatic rings. The van der Waals surface area contributed by atoms with E-state index in [1.54, 1.807) is 11.9 Å². The molecule has 0 aliphatic carbocycles. The van der Waals surface area contributed by atoms with Gasteiger partial charge >= 0.3 is 0 Å². The Morgan fingerprint density at radius 2 is 1.57 bits per heavy atom. The smallest absolute Gasteiger partial charge is 0.238 e. The SMILES string of the molecule is Cc1cccc(NC(=O)CN(C)CC(=O)N[C@H](C)c2ccc(CC(C)C)cc2)c1C. The highest BCUT2D eigenvalue weighted by Gasteiger charge is 2.14. The molecule has 30 heavy (non-hydrogen) atoms. The molecule has 0 unspecified atom stereocenters. The van der Waals surface area contributed by atoms with Crippen LogP contribution in [0.25, 0.3) is 0 Å². The van der Waals surface area contributed by atoms with Gasteiger partial charge in [-0.1, -0.05) is 50.2 Å². The molecule has 2 aromatic carbocycles. The predicted octanol–water partition coefficient (Wildman–Crippen LogP) is 4.25. The molecule has 0 fully saturated rings. The third-order valence-corrected chi connectivity index (χ3v) is 5.21. The summed E-state index contributed by atoms with van der Waals surface area (Å²) in [6.07, 6.45) is 1.05. The van der Waals surface area contributed by atoms with Gasteiger partial charge in [-0.2, -0.15) is 0 Å². The number of anilines is 1. The molecule has 0 aliphatic heterocycles. The van der Waals surface area contributed by atoms with E-state index in [1.165, 1.54) is 5.56 Å². The number of amides is 2. The maximum absolute atomic E-state index is 12.4. The summed E-state index contributed by atoms with van der Waals surface area (Å²) in [5.74, 6) is 0.388. The summed E-state index contributed by atoms with van der Waals surface area (Å²) in [7, 11) is 1.77. The summed E-state index contributed by atoms with van der Waals surface area (Å²) in [6, 6.07) is 14.1. The van der Waals surface area contributed by atoms with Gasteiger partial charge in [-0.3, -0.25) is 14.5 Å². The van der Waals surface area contributed by atoms with Crippen LogP contribution in [0.2, 0.25) is 0 Å². The minimum Gasteiger partial charge on any atom is -0.348 e. The first-order chi connectivity index (χ1) is 14.2. The maximum Gasteiger partial charge on any atom is 0.238 e. The first kappa shape index (κ1) is 23.6. The fourth-order valence-corrected chi connectivity index (χ4v) is 3.41. The van der Waals surface area contributed by atoms with Crippen molar-refractivity contribution in [2.45, 2.75) is 47.1 Å². The van der Waals surface area contributed by atoms with Crippen molar-refractivity contribution in [1.82, 2.24) is 10.2 Å². The molecule has 0 saturated carbocycles. The molecule has 1 atom stereocenters. The standard InChI is InChI=1S/C25H35N3O2/c1-17(2)14-21-10-12-22(13-11-21)20(5)26-24(29)15-28(6)16-25(30)27-23-9-7-8-18(3)19(23)4/h7-13,17,20H,14-16H2,1-6H3,(H,26,29)(H,27,30)/t20-/m1/s1. The Balaban J connectivity index is 1.82. The molecule has 0 aliphatic rings. The van der Waals surface area contributed by atoms with Crippen LogP contribution in [-0.4, -0.2) is 36.9 Å². The zero-order valence-corrected chi connectivity index (χ0v) is 19.1. The molecule has 0 saturated heterocycles. The Morgan fingerprint density at radius 3 is 2.20 bits per heavy atom. The number of aryl methyl sites for hydroxylation is 1. The average Bonchev–Trinajstić information content (AvgIpc) is 2.65. The fraction of sp³-hybridized carbons (Fsp3) is 0.440. The molecule has 0 heterocycles. The Bertz CT molecular complexity index is 859. The molecule has 5 nitrogen and oxygen atoms in total. The van der Waals surface area contributed by atoms with E-state index >= 15 is 0 Å². The Labute approximate surface area is 180 Å². The van der Waals surface area contributed by atoms with Crippen molar-refractivity contribution in [2.75, 3.05) is 25.5 Å². The van der Waals surface area contributed by atoms with Gasteiger partial charge in [0.2, 0.25) is 11.8 Å². The second-order valence-electron chi connectivity index (χ2n) is 8.60. The number of carbonyl (C=O) groups is 2. The van der Waals surface area contributed by atoms with Crippen molar-refractivity contribution < 1.29 is 9.59 Å². The van der Waals surface area contributed by atoms with Gasteiger partial charge in [0.1, 0.15) is 0 Å². The molecule has 0 radical (unpaired) electrons. The van der Waals surface area contributed by atoms with Gasteiger partial charge in [0.25, 0.3) is 0 Å². The van der Waals surface area contributed by atoms with Crippen LogP contribution in [0.3, 0.4) is 0 Å². The van der Waals surface area contributed by atoms with Crippen molar-refractivity contribution in [1.29, 1.82) is 0 Å². The number of likely N-dealkylation sites (N-methyl/N-ethyl adjacent to an activating group) is 1. The van der Waals surface area contributed by atoms with E-state index in [9.17, 15) is 9.59 Å². The van der Waals surface area contributed by atoms with E-state index in [0.29, 0.717) is 5.92 Å². The van der Waals surface area contributed by atoms with Gasteiger partial charge in [-0.25, -0.2) is 0 Å². The monoisotopic (exact) mass is 409 g/mol. The average molecular weight is 410 g/mol. The summed E-state index contributed by atoms with van der Waals surface area (Å²) in [5.41, 5.74) is 5.38. The van der Waals surface area contributed by atoms with Crippen molar-refractivity contribution in [3.63, 3.8) is 0 Å². The van der Waals surface area contributed by atoms with E-state index in [4.69, 9.17) is 0 Å². The van der Waals surface area contributed by atoms with Crippen molar-refractivity contribution in [3.05, 3.63) is 64.7 Å². The summed E-state index contributed by atoms with van der Waals surface area (Å²) >= 11 is 0. The number of carbonyl (C=O) groups excluding carboxylic acids is 2. The van der Waals surface area contributed by atoms with Crippen LogP contribution in [0.5, 0.6) is 0 Å². The molecular formula is C25H35N3O2. The second-order valence-corrected chi connectivity index (χ2v) is 8.60. The highest BCUT2D eigenvalue weighted by atomic mass is 16.2. The van der Waals surface area contributed by atoms with Crippen LogP contribution in [0.15, 0.2) is 42.5 Å². The highest BCUT2D eigenvalue weighted by molar-refractivity contribution is 5.93. The van der Waals surface area contributed by atoms with Crippen molar-refractivity contribution in [2.24, 2.45) is 5.92 Å². The van der Waals surface area contributed by atoms with E-state index in [0.717, 1.165) is 28.8 Å². The number of nitrogens with zero attached hydrogens (tertiary/aromatic N) is 1. The van der Waals surface area contributed by atoms with E-state index in [-0.39, 0.29) is 30.9 Å². The highest BCUT2D eigenvalue weighted by Crippen LogP contribution is 2.18. The molecule has 0 aromatic heterocycles. The lowest BCUT2D eigenvalue weighted by molar-refractivity contribution is -0.123. The Hall–Kier alpha value is -2.66. The third-order valence-electron chi connectivity index (χ3n) is 5.21. The quantitative estimate of drug-likeness (QED) is 0.651. The molecule has 2 rings (SSSR count). The lowest BCUT2D eigenvalue weighted by atomic mass is 10.00. The maximum atomic E-state index is 12.4. The first-order valence-electron chi connectivity index (χ1n) is 10.6. The lowest BCUT2D eigenvalue weighted by Gasteiger charge is -2.19. The van der Waals surface area contributed by atoms with Gasteiger partial charge in [0, 0.05) is 5.69 Å². The van der Waals surface area contributed by atoms with Gasteiger partial charge in [-0.05, 0) is 68.5 Å². The minimum absolute atomic E-state index is 0.0808. The third kappa shape index (κ3) is 7.30. The number of benzene rings is 2. The zero-order chi connectivity index (χ0) is 22.3. The van der Waals surface area contributed by atoms with Gasteiger partial charge < -0.3 is 10.6 Å². The topological polar surface area (TPSA) is 61.4 Å². The molecule has 0 spiro atoms. The molecule has 2 N–H and O–H groups in total. The molecule has 5 heteroatoms. The van der Waals surface area contributed by atoms with Crippen LogP contribution in [-0.2, 0) is 16.0 Å². The normalized spacial score (nSPS) is 12.1. The van der Waals surface area contributed by atoms with Crippen LogP contribution in [0.4, 0.5) is 5.69 Å². The van der Waals surface area contributed by atoms with Crippen molar-refractivity contribution in [3.8, 4) is 0 Å². The van der Waals surface area contributed by atoms with Gasteiger partial charge in [0.05, 0.1) is 19.1 Å².